The number of carboxylic acid groups (broad SMARTS) is 1. The van der Waals surface area contributed by atoms with Gasteiger partial charge in [0.1, 0.15) is 42.2 Å². The molecule has 3 aromatic rings. The molecular weight excluding hydrogens is 1080 g/mol. The van der Waals surface area contributed by atoms with E-state index in [-0.39, 0.29) is 34.3 Å². The summed E-state index contributed by atoms with van der Waals surface area (Å²) in [5.74, 6) is -11.8. The number of carbonyl (C=O) groups is 9. The van der Waals surface area contributed by atoms with E-state index in [0.29, 0.717) is 0 Å². The number of fused-ring (bicyclic) bond motifs is 5. The fourth-order valence-electron chi connectivity index (χ4n) is 12.3. The number of carboxylic acids is 1. The van der Waals surface area contributed by atoms with Gasteiger partial charge in [0.05, 0.1) is 42.4 Å². The first-order valence-electron chi connectivity index (χ1n) is 26.4. The van der Waals surface area contributed by atoms with E-state index >= 15 is 9.59 Å². The number of hydrogen-bond acceptors (Lipinski definition) is 22. The molecule has 3 aromatic carbocycles. The Kier molecular flexibility index (Phi) is 17.6. The van der Waals surface area contributed by atoms with Gasteiger partial charge >= 0.3 is 41.8 Å². The average molecular weight is 1140 g/mol. The summed E-state index contributed by atoms with van der Waals surface area (Å²) in [4.78, 5) is 125. The van der Waals surface area contributed by atoms with Crippen molar-refractivity contribution in [3.05, 3.63) is 119 Å². The smallest absolute Gasteiger partial charge is 0.350 e. The van der Waals surface area contributed by atoms with Gasteiger partial charge in [-0.3, -0.25) is 28.8 Å². The monoisotopic (exact) mass is 1140 g/mol. The molecule has 2 saturated carbocycles. The van der Waals surface area contributed by atoms with E-state index in [4.69, 9.17) is 42.6 Å². The van der Waals surface area contributed by atoms with Crippen molar-refractivity contribution < 1.29 is 111 Å². The Balaban J connectivity index is 1.22. The van der Waals surface area contributed by atoms with Crippen LogP contribution in [0.3, 0.4) is 0 Å². The SMILES string of the molecule is CO[C@H]1O[C@H](C(=O)O)[C@@H](O)[C@H](O)[C@H]1OC(=O)CCC(=O)O[C@@H](C(=O)O[C@H]1C[C@@]2(O)[C@@H](OC(=O)c3ccccc3)[C@@H]3[C@]4(OC(C)=O)CO[C@@H]4C[C@H](O)[C@@]3(C)C(=O)[C@H](OC(C)=O)C(=C1C)C2(C)C)[C@@H](NC(=O)c1ccccc1)c1ccccc1. The number of nitrogens with one attached hydrogen (secondary N) is 1. The lowest BCUT2D eigenvalue weighted by atomic mass is 9.44. The zero-order valence-electron chi connectivity index (χ0n) is 45.8. The third-order valence-corrected chi connectivity index (χ3v) is 16.5. The number of rotatable bonds is 17. The Hall–Kier alpha value is -7.45. The molecule has 6 N–H and O–H groups in total. The molecule has 3 aliphatic carbocycles. The van der Waals surface area contributed by atoms with Crippen LogP contribution < -0.4 is 5.32 Å². The predicted octanol–water partition coefficient (Wildman–Crippen LogP) is 2.16. The van der Waals surface area contributed by atoms with Gasteiger partial charge in [-0.05, 0) is 54.8 Å². The molecule has 2 bridgehead atoms. The minimum atomic E-state index is -2.58. The summed E-state index contributed by atoms with van der Waals surface area (Å²) in [6, 6.07) is 21.4. The van der Waals surface area contributed by atoms with Crippen LogP contribution in [0.5, 0.6) is 0 Å². The van der Waals surface area contributed by atoms with E-state index in [1.165, 1.54) is 64.1 Å². The molecule has 0 spiro atoms. The number of hydrogen-bond donors (Lipinski definition) is 6. The van der Waals surface area contributed by atoms with Gasteiger partial charge in [-0.2, -0.15) is 0 Å². The quantitative estimate of drug-likeness (QED) is 0.0641. The van der Waals surface area contributed by atoms with Gasteiger partial charge in [-0.1, -0.05) is 80.6 Å². The summed E-state index contributed by atoms with van der Waals surface area (Å²) >= 11 is 0. The summed E-state index contributed by atoms with van der Waals surface area (Å²) in [6.45, 7) is 7.45. The van der Waals surface area contributed by atoms with E-state index < -0.39 is 181 Å². The van der Waals surface area contributed by atoms with Crippen LogP contribution in [0.15, 0.2) is 102 Å². The number of benzene rings is 3. The Morgan fingerprint density at radius 3 is 1.93 bits per heavy atom. The zero-order chi connectivity index (χ0) is 59.8. The second kappa shape index (κ2) is 23.8. The van der Waals surface area contributed by atoms with Crippen LogP contribution in [0.2, 0.25) is 0 Å². The van der Waals surface area contributed by atoms with Gasteiger partial charge in [-0.25, -0.2) is 14.4 Å². The van der Waals surface area contributed by atoms with E-state index in [2.05, 4.69) is 5.32 Å². The van der Waals surface area contributed by atoms with Crippen LogP contribution in [0.1, 0.15) is 99.5 Å². The highest BCUT2D eigenvalue weighted by Gasteiger charge is 2.78. The maximum absolute atomic E-state index is 15.8. The third-order valence-electron chi connectivity index (χ3n) is 16.5. The first kappa shape index (κ1) is 60.6. The van der Waals surface area contributed by atoms with E-state index in [9.17, 15) is 59.1 Å². The molecule has 82 heavy (non-hydrogen) atoms. The Morgan fingerprint density at radius 2 is 1.37 bits per heavy atom. The molecule has 16 atom stereocenters. The highest BCUT2D eigenvalue weighted by atomic mass is 16.7. The summed E-state index contributed by atoms with van der Waals surface area (Å²) in [5, 5.41) is 59.6. The van der Waals surface area contributed by atoms with E-state index in [1.54, 1.807) is 54.6 Å². The van der Waals surface area contributed by atoms with Crippen LogP contribution >= 0.6 is 0 Å². The number of aliphatic carboxylic acids is 1. The number of aliphatic hydroxyl groups is 4. The molecule has 2 heterocycles. The highest BCUT2D eigenvalue weighted by molar-refractivity contribution is 5.96. The fourth-order valence-corrected chi connectivity index (χ4v) is 12.3. The number of Topliss-reactive ketones (excluding diaryl/α,β-unsaturated/α-hetero) is 1. The van der Waals surface area contributed by atoms with Crippen LogP contribution in [0.4, 0.5) is 0 Å². The predicted molar refractivity (Wildman–Crippen MR) is 276 cm³/mol. The molecule has 0 radical (unpaired) electrons. The maximum Gasteiger partial charge on any atom is 0.350 e. The van der Waals surface area contributed by atoms with Crippen molar-refractivity contribution in [1.82, 2.24) is 5.32 Å². The number of ketones is 1. The second-order valence-corrected chi connectivity index (χ2v) is 21.8. The van der Waals surface area contributed by atoms with Crippen molar-refractivity contribution in [2.45, 2.75) is 152 Å². The molecule has 4 fully saturated rings. The molecule has 2 aliphatic heterocycles. The Morgan fingerprint density at radius 1 is 0.768 bits per heavy atom. The molecule has 1 amide bonds. The largest absolute Gasteiger partial charge is 0.479 e. The topological polar surface area (TPSA) is 350 Å². The first-order chi connectivity index (χ1) is 38.7. The Labute approximate surface area is 469 Å². The fraction of sp³-hybridized carbons (Fsp3) is 0.500. The van der Waals surface area contributed by atoms with Crippen molar-refractivity contribution in [2.75, 3.05) is 13.7 Å². The second-order valence-electron chi connectivity index (χ2n) is 21.8. The van der Waals surface area contributed by atoms with Gasteiger partial charge in [0.15, 0.2) is 36.0 Å². The standard InChI is InChI=1S/C58H65NO23/c1-28-34(26-58(73)49(81-52(71)33-21-15-10-16-22-33)47-56(6,35(62)25-36-57(47,27-75-36)82-30(3)61)48(67)43(76-29(2)60)39(28)55(58,4)5)77-53(72)44(40(31-17-11-8-12-18-31)59-50(68)32-19-13-9-14-20-32)78-37(63)23-24-38(64)79-46-42(66)41(65)45(51(69)70)80-54(46)74-7/h8-22,34-36,40-47,49,54,62,65-66,73H,23-27H2,1-7H3,(H,59,68)(H,69,70)/t34-,35-,36+,40-,41-,42-,43+,44+,45-,46+,47-,49-,54-,56+,57-,58+/m0/s1. The minimum Gasteiger partial charge on any atom is -0.479 e. The van der Waals surface area contributed by atoms with Gasteiger partial charge in [-0.15, -0.1) is 0 Å². The lowest BCUT2D eigenvalue weighted by Gasteiger charge is -2.67. The van der Waals surface area contributed by atoms with Crippen LogP contribution in [0.25, 0.3) is 0 Å². The normalized spacial score (nSPS) is 32.4. The summed E-state index contributed by atoms with van der Waals surface area (Å²) < 4.78 is 52.2. The maximum atomic E-state index is 15.8. The number of aliphatic hydroxyl groups excluding tert-OH is 3. The lowest BCUT2D eigenvalue weighted by molar-refractivity contribution is -0.346. The molecular formula is C58H65NO23. The highest BCUT2D eigenvalue weighted by Crippen LogP contribution is 2.64. The number of carbonyl (C=O) groups excluding carboxylic acids is 8. The number of methoxy groups -OCH3 is 1. The molecule has 2 saturated heterocycles. The molecule has 24 heteroatoms. The van der Waals surface area contributed by atoms with Gasteiger partial charge < -0.3 is 73.5 Å². The van der Waals surface area contributed by atoms with Crippen molar-refractivity contribution >= 4 is 53.5 Å². The van der Waals surface area contributed by atoms with Gasteiger partial charge in [0, 0.05) is 44.8 Å². The van der Waals surface area contributed by atoms with Crippen LogP contribution in [0, 0.1) is 16.7 Å². The number of esters is 6. The third kappa shape index (κ3) is 11.1. The zero-order valence-corrected chi connectivity index (χ0v) is 45.8. The summed E-state index contributed by atoms with van der Waals surface area (Å²) in [5.41, 5.74) is -8.35. The average Bonchev–Trinajstić information content (AvgIpc) is 0.730. The van der Waals surface area contributed by atoms with Crippen molar-refractivity contribution in [1.29, 1.82) is 0 Å². The molecule has 8 rings (SSSR count). The summed E-state index contributed by atoms with van der Waals surface area (Å²) in [6.07, 6.45) is -22.9. The van der Waals surface area contributed by atoms with Crippen LogP contribution in [-0.2, 0) is 76.2 Å². The molecule has 5 aliphatic rings. The van der Waals surface area contributed by atoms with Crippen molar-refractivity contribution in [3.8, 4) is 0 Å². The molecule has 24 nitrogen and oxygen atoms in total. The van der Waals surface area contributed by atoms with E-state index in [1.807, 2.05) is 0 Å². The van der Waals surface area contributed by atoms with Crippen molar-refractivity contribution in [3.63, 3.8) is 0 Å². The van der Waals surface area contributed by atoms with Gasteiger partial charge in [0.2, 0.25) is 6.10 Å². The Bertz CT molecular complexity index is 2990. The number of amides is 1. The molecule has 440 valence electrons. The van der Waals surface area contributed by atoms with Crippen molar-refractivity contribution in [2.24, 2.45) is 16.7 Å². The minimum absolute atomic E-state index is 0.0168. The summed E-state index contributed by atoms with van der Waals surface area (Å²) in [7, 11) is 1.06. The van der Waals surface area contributed by atoms with E-state index in [0.717, 1.165) is 21.0 Å². The van der Waals surface area contributed by atoms with Gasteiger partial charge in [0.25, 0.3) is 5.91 Å². The lowest BCUT2D eigenvalue weighted by Crippen LogP contribution is -2.82. The first-order valence-corrected chi connectivity index (χ1v) is 26.4. The molecule has 0 unspecified atom stereocenters. The number of ether oxygens (including phenoxy) is 9. The molecule has 0 aromatic heterocycles. The van der Waals surface area contributed by atoms with Crippen LogP contribution in [-0.4, -0.2) is 171 Å².